The van der Waals surface area contributed by atoms with E-state index in [1.165, 1.54) is 6.07 Å². The smallest absolute Gasteiger partial charge is 0.186 e. The first-order chi connectivity index (χ1) is 8.39. The van der Waals surface area contributed by atoms with Gasteiger partial charge in [0.15, 0.2) is 14.4 Å². The van der Waals surface area contributed by atoms with E-state index in [-0.39, 0.29) is 5.56 Å². The van der Waals surface area contributed by atoms with Gasteiger partial charge in [-0.2, -0.15) is 5.26 Å². The molecule has 18 heavy (non-hydrogen) atoms. The molecule has 0 radical (unpaired) electrons. The van der Waals surface area contributed by atoms with E-state index in [2.05, 4.69) is 0 Å². The molecule has 0 spiro atoms. The molecule has 1 rings (SSSR count). The lowest BCUT2D eigenvalue weighted by atomic mass is 10.1. The van der Waals surface area contributed by atoms with Gasteiger partial charge >= 0.3 is 0 Å². The summed E-state index contributed by atoms with van der Waals surface area (Å²) in [5.41, 5.74) is 0.198. The minimum atomic E-state index is -1.94. The van der Waals surface area contributed by atoms with E-state index in [0.29, 0.717) is 12.4 Å². The molecule has 5 heteroatoms. The monoisotopic (exact) mass is 267 g/mol. The van der Waals surface area contributed by atoms with Gasteiger partial charge in [0.2, 0.25) is 0 Å². The summed E-state index contributed by atoms with van der Waals surface area (Å²) in [4.78, 5) is 0. The highest BCUT2D eigenvalue weighted by Crippen LogP contribution is 2.32. The van der Waals surface area contributed by atoms with Gasteiger partial charge in [-0.3, -0.25) is 0 Å². The molecule has 98 valence electrons. The van der Waals surface area contributed by atoms with Crippen molar-refractivity contribution in [2.75, 3.05) is 6.61 Å². The van der Waals surface area contributed by atoms with E-state index in [1.807, 2.05) is 32.6 Å². The molecule has 1 aromatic rings. The van der Waals surface area contributed by atoms with Crippen LogP contribution in [0.2, 0.25) is 19.6 Å². The predicted molar refractivity (Wildman–Crippen MR) is 70.4 cm³/mol. The van der Waals surface area contributed by atoms with Gasteiger partial charge in [-0.15, -0.1) is 0 Å². The van der Waals surface area contributed by atoms with E-state index >= 15 is 0 Å². The van der Waals surface area contributed by atoms with Gasteiger partial charge in [-0.25, -0.2) is 4.39 Å². The number of nitriles is 1. The molecule has 1 aromatic carbocycles. The molecule has 0 N–H and O–H groups in total. The fourth-order valence-electron chi connectivity index (χ4n) is 1.56. The molecule has 0 aliphatic rings. The summed E-state index contributed by atoms with van der Waals surface area (Å²) in [6.45, 7) is 8.10. The molecule has 0 amide bonds. The molecule has 0 saturated heterocycles. The molecule has 0 unspecified atom stereocenters. The first-order valence-electron chi connectivity index (χ1n) is 5.87. The van der Waals surface area contributed by atoms with Crippen LogP contribution in [0.25, 0.3) is 0 Å². The third-order valence-electron chi connectivity index (χ3n) is 2.16. The number of hydrogen-bond donors (Lipinski definition) is 0. The van der Waals surface area contributed by atoms with Crippen LogP contribution in [0.15, 0.2) is 18.2 Å². The standard InChI is InChI=1S/C13H18FNO2Si/c1-5-16-11-8-6-7-10(14)13(11)12(9-15)17-18(2,3)4/h6-8,12H,5H2,1-4H3/t12-/m1/s1. The van der Waals surface area contributed by atoms with Crippen LogP contribution >= 0.6 is 0 Å². The molecule has 1 atom stereocenters. The van der Waals surface area contributed by atoms with Crippen LogP contribution in [0.3, 0.4) is 0 Å². The Morgan fingerprint density at radius 2 is 2.06 bits per heavy atom. The Bertz CT molecular complexity index is 451. The van der Waals surface area contributed by atoms with Crippen LogP contribution in [0.4, 0.5) is 4.39 Å². The minimum absolute atomic E-state index is 0.198. The lowest BCUT2D eigenvalue weighted by Crippen LogP contribution is -2.28. The van der Waals surface area contributed by atoms with Gasteiger partial charge in [-0.05, 0) is 38.7 Å². The van der Waals surface area contributed by atoms with Gasteiger partial charge in [0, 0.05) is 0 Å². The number of benzene rings is 1. The molecular formula is C13H18FNO2Si. The maximum atomic E-state index is 13.9. The summed E-state index contributed by atoms with van der Waals surface area (Å²) in [6.07, 6.45) is -0.917. The fourth-order valence-corrected chi connectivity index (χ4v) is 2.43. The molecule has 0 saturated carbocycles. The number of halogens is 1. The van der Waals surface area contributed by atoms with E-state index in [0.717, 1.165) is 0 Å². The van der Waals surface area contributed by atoms with Gasteiger partial charge in [0.1, 0.15) is 11.6 Å². The number of rotatable bonds is 5. The van der Waals surface area contributed by atoms with E-state index in [1.54, 1.807) is 12.1 Å². The summed E-state index contributed by atoms with van der Waals surface area (Å²) >= 11 is 0. The molecule has 0 aliphatic carbocycles. The second-order valence-corrected chi connectivity index (χ2v) is 9.28. The number of ether oxygens (including phenoxy) is 1. The third-order valence-corrected chi connectivity index (χ3v) is 3.11. The number of hydrogen-bond acceptors (Lipinski definition) is 3. The quantitative estimate of drug-likeness (QED) is 0.765. The van der Waals surface area contributed by atoms with Gasteiger partial charge in [0.05, 0.1) is 18.2 Å². The van der Waals surface area contributed by atoms with E-state index in [4.69, 9.17) is 9.16 Å². The summed E-state index contributed by atoms with van der Waals surface area (Å²) in [5.74, 6) is -0.0898. The van der Waals surface area contributed by atoms with Crippen LogP contribution in [-0.2, 0) is 4.43 Å². The van der Waals surface area contributed by atoms with Crippen molar-refractivity contribution in [2.45, 2.75) is 32.7 Å². The van der Waals surface area contributed by atoms with Crippen LogP contribution in [0, 0.1) is 17.1 Å². The zero-order valence-electron chi connectivity index (χ0n) is 11.2. The summed E-state index contributed by atoms with van der Waals surface area (Å²) in [5, 5.41) is 9.18. The van der Waals surface area contributed by atoms with Crippen molar-refractivity contribution in [2.24, 2.45) is 0 Å². The average Bonchev–Trinajstić information content (AvgIpc) is 2.26. The maximum absolute atomic E-state index is 13.9. The zero-order chi connectivity index (χ0) is 13.8. The van der Waals surface area contributed by atoms with Crippen LogP contribution in [0.1, 0.15) is 18.6 Å². The van der Waals surface area contributed by atoms with Crippen molar-refractivity contribution >= 4 is 8.32 Å². The Kier molecular flexibility index (Phi) is 4.88. The largest absolute Gasteiger partial charge is 0.493 e. The predicted octanol–water partition coefficient (Wildman–Crippen LogP) is 3.64. The topological polar surface area (TPSA) is 42.2 Å². The normalized spacial score (nSPS) is 12.9. The first-order valence-corrected chi connectivity index (χ1v) is 9.28. The minimum Gasteiger partial charge on any atom is -0.493 e. The van der Waals surface area contributed by atoms with Crippen molar-refractivity contribution in [3.05, 3.63) is 29.6 Å². The number of nitrogens with zero attached hydrogens (tertiary/aromatic N) is 1. The second kappa shape index (κ2) is 5.98. The molecule has 0 aromatic heterocycles. The van der Waals surface area contributed by atoms with Gasteiger partial charge in [-0.1, -0.05) is 6.07 Å². The van der Waals surface area contributed by atoms with E-state index in [9.17, 15) is 9.65 Å². The summed E-state index contributed by atoms with van der Waals surface area (Å²) in [6, 6.07) is 6.54. The van der Waals surface area contributed by atoms with Crippen molar-refractivity contribution in [3.8, 4) is 11.8 Å². The molecular weight excluding hydrogens is 249 g/mol. The zero-order valence-corrected chi connectivity index (χ0v) is 12.2. The van der Waals surface area contributed by atoms with Gasteiger partial charge in [0.25, 0.3) is 0 Å². The molecule has 0 heterocycles. The second-order valence-electron chi connectivity index (χ2n) is 4.82. The molecule has 3 nitrogen and oxygen atoms in total. The highest BCUT2D eigenvalue weighted by Gasteiger charge is 2.27. The van der Waals surface area contributed by atoms with Crippen molar-refractivity contribution in [1.29, 1.82) is 5.26 Å². The van der Waals surface area contributed by atoms with Crippen molar-refractivity contribution in [3.63, 3.8) is 0 Å². The Morgan fingerprint density at radius 1 is 1.39 bits per heavy atom. The highest BCUT2D eigenvalue weighted by atomic mass is 28.4. The van der Waals surface area contributed by atoms with Crippen LogP contribution in [0.5, 0.6) is 5.75 Å². The first kappa shape index (κ1) is 14.7. The average molecular weight is 267 g/mol. The van der Waals surface area contributed by atoms with Crippen LogP contribution in [-0.4, -0.2) is 14.9 Å². The maximum Gasteiger partial charge on any atom is 0.186 e. The molecule has 0 bridgehead atoms. The van der Waals surface area contributed by atoms with Gasteiger partial charge < -0.3 is 9.16 Å². The lowest BCUT2D eigenvalue weighted by Gasteiger charge is -2.23. The Labute approximate surface area is 108 Å². The lowest BCUT2D eigenvalue weighted by molar-refractivity contribution is 0.237. The Hall–Kier alpha value is -1.38. The van der Waals surface area contributed by atoms with Crippen molar-refractivity contribution < 1.29 is 13.6 Å². The van der Waals surface area contributed by atoms with Crippen LogP contribution < -0.4 is 4.74 Å². The Morgan fingerprint density at radius 3 is 2.56 bits per heavy atom. The fraction of sp³-hybridized carbons (Fsp3) is 0.462. The SMILES string of the molecule is CCOc1cccc(F)c1[C@@H](C#N)O[Si](C)(C)C. The summed E-state index contributed by atoms with van der Waals surface area (Å²) in [7, 11) is -1.94. The molecule has 0 aliphatic heterocycles. The molecule has 0 fully saturated rings. The third kappa shape index (κ3) is 3.83. The Balaban J connectivity index is 3.16. The summed E-state index contributed by atoms with van der Waals surface area (Å²) < 4.78 is 24.9. The highest BCUT2D eigenvalue weighted by molar-refractivity contribution is 6.69. The van der Waals surface area contributed by atoms with Crippen molar-refractivity contribution in [1.82, 2.24) is 0 Å². The van der Waals surface area contributed by atoms with E-state index < -0.39 is 20.2 Å².